The standard InChI is InChI=1S/C15H14FN3/c1-17-15-18-13-7-2-3-8-14(13)19(15)10-11-5-4-6-12(16)9-11/h2-9H,10H2,1H3,(H,17,18). The normalized spacial score (nSPS) is 10.8. The summed E-state index contributed by atoms with van der Waals surface area (Å²) < 4.78 is 15.3. The molecular weight excluding hydrogens is 241 g/mol. The van der Waals surface area contributed by atoms with Gasteiger partial charge in [-0.2, -0.15) is 0 Å². The lowest BCUT2D eigenvalue weighted by atomic mass is 10.2. The number of fused-ring (bicyclic) bond motifs is 1. The number of rotatable bonds is 3. The largest absolute Gasteiger partial charge is 0.359 e. The zero-order valence-electron chi connectivity index (χ0n) is 10.6. The van der Waals surface area contributed by atoms with Gasteiger partial charge in [0.25, 0.3) is 0 Å². The summed E-state index contributed by atoms with van der Waals surface area (Å²) in [5.41, 5.74) is 2.89. The van der Waals surface area contributed by atoms with Crippen molar-refractivity contribution >= 4 is 17.0 Å². The summed E-state index contributed by atoms with van der Waals surface area (Å²) in [7, 11) is 1.84. The summed E-state index contributed by atoms with van der Waals surface area (Å²) in [5, 5.41) is 3.08. The van der Waals surface area contributed by atoms with E-state index >= 15 is 0 Å². The maximum Gasteiger partial charge on any atom is 0.203 e. The van der Waals surface area contributed by atoms with E-state index in [1.165, 1.54) is 6.07 Å². The molecule has 3 aromatic rings. The van der Waals surface area contributed by atoms with E-state index < -0.39 is 0 Å². The van der Waals surface area contributed by atoms with Gasteiger partial charge >= 0.3 is 0 Å². The van der Waals surface area contributed by atoms with E-state index in [0.29, 0.717) is 6.54 Å². The maximum atomic E-state index is 13.3. The fraction of sp³-hybridized carbons (Fsp3) is 0.133. The highest BCUT2D eigenvalue weighted by molar-refractivity contribution is 5.78. The number of anilines is 1. The van der Waals surface area contributed by atoms with Gasteiger partial charge in [0, 0.05) is 7.05 Å². The summed E-state index contributed by atoms with van der Waals surface area (Å²) in [6.07, 6.45) is 0. The second-order valence-corrected chi connectivity index (χ2v) is 4.39. The van der Waals surface area contributed by atoms with E-state index in [9.17, 15) is 4.39 Å². The molecule has 0 amide bonds. The van der Waals surface area contributed by atoms with Crippen molar-refractivity contribution in [2.45, 2.75) is 6.54 Å². The van der Waals surface area contributed by atoms with Gasteiger partial charge in [-0.15, -0.1) is 0 Å². The molecule has 1 heterocycles. The first kappa shape index (κ1) is 11.7. The number of nitrogens with one attached hydrogen (secondary N) is 1. The van der Waals surface area contributed by atoms with Crippen molar-refractivity contribution in [3.8, 4) is 0 Å². The summed E-state index contributed by atoms with van der Waals surface area (Å²) in [6.45, 7) is 0.592. The molecule has 96 valence electrons. The lowest BCUT2D eigenvalue weighted by Crippen LogP contribution is -2.05. The van der Waals surface area contributed by atoms with E-state index in [2.05, 4.69) is 10.3 Å². The minimum Gasteiger partial charge on any atom is -0.359 e. The molecule has 3 rings (SSSR count). The Morgan fingerprint density at radius 1 is 1.16 bits per heavy atom. The highest BCUT2D eigenvalue weighted by atomic mass is 19.1. The molecule has 19 heavy (non-hydrogen) atoms. The number of benzene rings is 2. The Morgan fingerprint density at radius 3 is 2.79 bits per heavy atom. The average molecular weight is 255 g/mol. The molecule has 0 aliphatic carbocycles. The van der Waals surface area contributed by atoms with Crippen LogP contribution >= 0.6 is 0 Å². The number of aromatic nitrogens is 2. The van der Waals surface area contributed by atoms with Crippen molar-refractivity contribution in [2.75, 3.05) is 12.4 Å². The Balaban J connectivity index is 2.08. The van der Waals surface area contributed by atoms with Crippen LogP contribution < -0.4 is 5.32 Å². The van der Waals surface area contributed by atoms with E-state index in [1.54, 1.807) is 12.1 Å². The van der Waals surface area contributed by atoms with Crippen molar-refractivity contribution in [2.24, 2.45) is 0 Å². The zero-order valence-corrected chi connectivity index (χ0v) is 10.6. The Kier molecular flexibility index (Phi) is 2.91. The Morgan fingerprint density at radius 2 is 2.00 bits per heavy atom. The van der Waals surface area contributed by atoms with E-state index in [4.69, 9.17) is 0 Å². The first-order chi connectivity index (χ1) is 9.28. The molecule has 0 saturated carbocycles. The summed E-state index contributed by atoms with van der Waals surface area (Å²) in [4.78, 5) is 4.51. The highest BCUT2D eigenvalue weighted by Gasteiger charge is 2.09. The second kappa shape index (κ2) is 4.72. The molecule has 0 atom stereocenters. The summed E-state index contributed by atoms with van der Waals surface area (Å²) >= 11 is 0. The van der Waals surface area contributed by atoms with E-state index in [-0.39, 0.29) is 5.82 Å². The van der Waals surface area contributed by atoms with Gasteiger partial charge in [0.15, 0.2) is 0 Å². The van der Waals surface area contributed by atoms with Crippen molar-refractivity contribution in [1.82, 2.24) is 9.55 Å². The van der Waals surface area contributed by atoms with Crippen LogP contribution in [0.1, 0.15) is 5.56 Å². The molecule has 0 aliphatic heterocycles. The number of nitrogens with zero attached hydrogens (tertiary/aromatic N) is 2. The first-order valence-corrected chi connectivity index (χ1v) is 6.15. The number of halogens is 1. The van der Waals surface area contributed by atoms with E-state index in [0.717, 1.165) is 22.5 Å². The van der Waals surface area contributed by atoms with Gasteiger partial charge in [-0.3, -0.25) is 0 Å². The van der Waals surface area contributed by atoms with Gasteiger partial charge < -0.3 is 9.88 Å². The van der Waals surface area contributed by atoms with Gasteiger partial charge in [0.2, 0.25) is 5.95 Å². The SMILES string of the molecule is CNc1nc2ccccc2n1Cc1cccc(F)c1. The lowest BCUT2D eigenvalue weighted by molar-refractivity contribution is 0.624. The Hall–Kier alpha value is -2.36. The van der Waals surface area contributed by atoms with Crippen LogP contribution in [-0.4, -0.2) is 16.6 Å². The van der Waals surface area contributed by atoms with Crippen LogP contribution in [0.5, 0.6) is 0 Å². The molecule has 0 fully saturated rings. The third kappa shape index (κ3) is 2.17. The molecule has 1 N–H and O–H groups in total. The van der Waals surface area contributed by atoms with Gasteiger partial charge in [0.05, 0.1) is 17.6 Å². The van der Waals surface area contributed by atoms with Crippen molar-refractivity contribution in [1.29, 1.82) is 0 Å². The van der Waals surface area contributed by atoms with Crippen LogP contribution in [0, 0.1) is 5.82 Å². The quantitative estimate of drug-likeness (QED) is 0.778. The lowest BCUT2D eigenvalue weighted by Gasteiger charge is -2.08. The highest BCUT2D eigenvalue weighted by Crippen LogP contribution is 2.20. The van der Waals surface area contributed by atoms with Crippen LogP contribution in [0.3, 0.4) is 0 Å². The molecule has 0 saturated heterocycles. The van der Waals surface area contributed by atoms with Crippen LogP contribution in [0.25, 0.3) is 11.0 Å². The molecule has 3 nitrogen and oxygen atoms in total. The maximum absolute atomic E-state index is 13.3. The molecule has 0 radical (unpaired) electrons. The van der Waals surface area contributed by atoms with Crippen LogP contribution in [0.15, 0.2) is 48.5 Å². The van der Waals surface area contributed by atoms with Crippen LogP contribution in [0.2, 0.25) is 0 Å². The molecule has 0 unspecified atom stereocenters. The molecule has 1 aromatic heterocycles. The van der Waals surface area contributed by atoms with E-state index in [1.807, 2.05) is 41.9 Å². The van der Waals surface area contributed by atoms with Gasteiger partial charge in [-0.1, -0.05) is 24.3 Å². The molecular formula is C15H14FN3. The van der Waals surface area contributed by atoms with Crippen molar-refractivity contribution < 1.29 is 4.39 Å². The average Bonchev–Trinajstić information content (AvgIpc) is 2.77. The predicted molar refractivity (Wildman–Crippen MR) is 74.8 cm³/mol. The zero-order chi connectivity index (χ0) is 13.2. The molecule has 2 aromatic carbocycles. The third-order valence-electron chi connectivity index (χ3n) is 3.11. The topological polar surface area (TPSA) is 29.9 Å². The summed E-state index contributed by atoms with van der Waals surface area (Å²) in [6, 6.07) is 14.6. The monoisotopic (exact) mass is 255 g/mol. The smallest absolute Gasteiger partial charge is 0.203 e. The minimum absolute atomic E-state index is 0.215. The van der Waals surface area contributed by atoms with Crippen molar-refractivity contribution in [3.05, 3.63) is 59.9 Å². The molecule has 0 spiro atoms. The first-order valence-electron chi connectivity index (χ1n) is 6.15. The van der Waals surface area contributed by atoms with Gasteiger partial charge in [-0.05, 0) is 29.8 Å². The van der Waals surface area contributed by atoms with Crippen LogP contribution in [-0.2, 0) is 6.54 Å². The Labute approximate surface area is 110 Å². The minimum atomic E-state index is -0.215. The second-order valence-electron chi connectivity index (χ2n) is 4.39. The fourth-order valence-electron chi connectivity index (χ4n) is 2.24. The third-order valence-corrected chi connectivity index (χ3v) is 3.11. The fourth-order valence-corrected chi connectivity index (χ4v) is 2.24. The van der Waals surface area contributed by atoms with Crippen LogP contribution in [0.4, 0.5) is 10.3 Å². The number of imidazole rings is 1. The number of hydrogen-bond acceptors (Lipinski definition) is 2. The van der Waals surface area contributed by atoms with Crippen molar-refractivity contribution in [3.63, 3.8) is 0 Å². The molecule has 0 bridgehead atoms. The van der Waals surface area contributed by atoms with Gasteiger partial charge in [0.1, 0.15) is 5.82 Å². The molecule has 4 heteroatoms. The Bertz CT molecular complexity index is 718. The molecule has 0 aliphatic rings. The number of hydrogen-bond donors (Lipinski definition) is 1. The summed E-state index contributed by atoms with van der Waals surface area (Å²) in [5.74, 6) is 0.568. The number of para-hydroxylation sites is 2. The predicted octanol–water partition coefficient (Wildman–Crippen LogP) is 3.27. The van der Waals surface area contributed by atoms with Gasteiger partial charge in [-0.25, -0.2) is 9.37 Å².